The largest absolute Gasteiger partial charge is 0.206 e. The summed E-state index contributed by atoms with van der Waals surface area (Å²) in [5.41, 5.74) is 1.02. The van der Waals surface area contributed by atoms with Gasteiger partial charge in [-0.1, -0.05) is 44.0 Å². The normalized spacial score (nSPS) is 10.9. The van der Waals surface area contributed by atoms with Gasteiger partial charge in [-0.2, -0.15) is 0 Å². The smallest absolute Gasteiger partial charge is 0.137 e. The van der Waals surface area contributed by atoms with Crippen LogP contribution in [0, 0.1) is 11.7 Å². The van der Waals surface area contributed by atoms with E-state index in [1.807, 2.05) is 6.07 Å². The van der Waals surface area contributed by atoms with Gasteiger partial charge < -0.3 is 0 Å². The molecule has 0 radical (unpaired) electrons. The number of hydrogen-bond donors (Lipinski definition) is 0. The van der Waals surface area contributed by atoms with Crippen molar-refractivity contribution in [1.82, 2.24) is 0 Å². The standard InChI is InChI=1S/C10H10Br3F/c11-5-7(6-12)4-8-2-1-3-9(14)10(8)13/h1-3,7H,4-6H2. The van der Waals surface area contributed by atoms with Gasteiger partial charge >= 0.3 is 0 Å². The van der Waals surface area contributed by atoms with Gasteiger partial charge in [0.2, 0.25) is 0 Å². The molecular weight excluding hydrogens is 379 g/mol. The maximum Gasteiger partial charge on any atom is 0.137 e. The summed E-state index contributed by atoms with van der Waals surface area (Å²) < 4.78 is 13.8. The highest BCUT2D eigenvalue weighted by Crippen LogP contribution is 2.24. The van der Waals surface area contributed by atoms with Crippen LogP contribution in [-0.4, -0.2) is 10.7 Å². The predicted octanol–water partition coefficient (Wildman–Crippen LogP) is 4.54. The van der Waals surface area contributed by atoms with Crippen molar-refractivity contribution in [2.75, 3.05) is 10.7 Å². The van der Waals surface area contributed by atoms with Crippen LogP contribution in [0.4, 0.5) is 4.39 Å². The Morgan fingerprint density at radius 2 is 1.86 bits per heavy atom. The lowest BCUT2D eigenvalue weighted by atomic mass is 10.0. The average Bonchev–Trinajstić information content (AvgIpc) is 2.20. The van der Waals surface area contributed by atoms with E-state index in [4.69, 9.17) is 0 Å². The van der Waals surface area contributed by atoms with Crippen molar-refractivity contribution in [3.8, 4) is 0 Å². The molecule has 78 valence electrons. The van der Waals surface area contributed by atoms with E-state index in [0.717, 1.165) is 22.6 Å². The first-order valence-corrected chi connectivity index (χ1v) is 7.27. The van der Waals surface area contributed by atoms with E-state index in [1.54, 1.807) is 6.07 Å². The van der Waals surface area contributed by atoms with E-state index in [2.05, 4.69) is 47.8 Å². The minimum absolute atomic E-state index is 0.189. The van der Waals surface area contributed by atoms with Gasteiger partial charge in [0, 0.05) is 10.7 Å². The lowest BCUT2D eigenvalue weighted by Gasteiger charge is -2.11. The second kappa shape index (κ2) is 6.23. The Balaban J connectivity index is 2.80. The van der Waals surface area contributed by atoms with E-state index in [9.17, 15) is 4.39 Å². The van der Waals surface area contributed by atoms with Crippen molar-refractivity contribution in [2.24, 2.45) is 5.92 Å². The van der Waals surface area contributed by atoms with E-state index in [-0.39, 0.29) is 5.82 Å². The molecule has 14 heavy (non-hydrogen) atoms. The zero-order valence-electron chi connectivity index (χ0n) is 7.44. The van der Waals surface area contributed by atoms with Crippen LogP contribution in [-0.2, 0) is 6.42 Å². The summed E-state index contributed by atoms with van der Waals surface area (Å²) in [6.07, 6.45) is 0.870. The Morgan fingerprint density at radius 3 is 2.43 bits per heavy atom. The topological polar surface area (TPSA) is 0 Å². The lowest BCUT2D eigenvalue weighted by Crippen LogP contribution is -2.08. The van der Waals surface area contributed by atoms with Crippen molar-refractivity contribution < 1.29 is 4.39 Å². The first-order chi connectivity index (χ1) is 6.69. The number of rotatable bonds is 4. The molecule has 0 N–H and O–H groups in total. The molecule has 0 saturated carbocycles. The summed E-state index contributed by atoms with van der Waals surface area (Å²) in [4.78, 5) is 0. The van der Waals surface area contributed by atoms with Gasteiger partial charge in [0.15, 0.2) is 0 Å². The minimum atomic E-state index is -0.189. The number of halogens is 4. The quantitative estimate of drug-likeness (QED) is 0.664. The van der Waals surface area contributed by atoms with Crippen LogP contribution in [0.5, 0.6) is 0 Å². The van der Waals surface area contributed by atoms with Crippen LogP contribution in [0.3, 0.4) is 0 Å². The third kappa shape index (κ3) is 3.31. The van der Waals surface area contributed by atoms with Crippen molar-refractivity contribution >= 4 is 47.8 Å². The van der Waals surface area contributed by atoms with Crippen molar-refractivity contribution in [3.63, 3.8) is 0 Å². The van der Waals surface area contributed by atoms with Crippen molar-refractivity contribution in [3.05, 3.63) is 34.1 Å². The number of alkyl halides is 2. The fourth-order valence-corrected chi connectivity index (χ4v) is 3.12. The minimum Gasteiger partial charge on any atom is -0.206 e. The fourth-order valence-electron chi connectivity index (χ4n) is 1.17. The predicted molar refractivity (Wildman–Crippen MR) is 68.9 cm³/mol. The molecule has 0 fully saturated rings. The second-order valence-corrected chi connectivity index (χ2v) is 5.18. The van der Waals surface area contributed by atoms with Crippen molar-refractivity contribution in [1.29, 1.82) is 0 Å². The van der Waals surface area contributed by atoms with Gasteiger partial charge in [-0.25, -0.2) is 4.39 Å². The van der Waals surface area contributed by atoms with Gasteiger partial charge in [-0.05, 0) is 39.9 Å². The summed E-state index contributed by atoms with van der Waals surface area (Å²) in [5.74, 6) is 0.304. The molecule has 0 aliphatic heterocycles. The first kappa shape index (κ1) is 12.7. The van der Waals surface area contributed by atoms with Crippen LogP contribution < -0.4 is 0 Å². The summed E-state index contributed by atoms with van der Waals surface area (Å²) in [6.45, 7) is 0. The highest BCUT2D eigenvalue weighted by molar-refractivity contribution is 9.10. The highest BCUT2D eigenvalue weighted by atomic mass is 79.9. The second-order valence-electron chi connectivity index (χ2n) is 3.09. The number of benzene rings is 1. The van der Waals surface area contributed by atoms with E-state index in [0.29, 0.717) is 10.4 Å². The van der Waals surface area contributed by atoms with Gasteiger partial charge in [-0.3, -0.25) is 0 Å². The molecule has 0 aliphatic rings. The van der Waals surface area contributed by atoms with E-state index >= 15 is 0 Å². The molecule has 0 aliphatic carbocycles. The third-order valence-electron chi connectivity index (χ3n) is 1.98. The zero-order valence-corrected chi connectivity index (χ0v) is 12.2. The Morgan fingerprint density at radius 1 is 1.21 bits per heavy atom. The molecule has 0 bridgehead atoms. The highest BCUT2D eigenvalue weighted by Gasteiger charge is 2.11. The monoisotopic (exact) mass is 386 g/mol. The molecule has 1 aromatic carbocycles. The molecule has 1 aromatic rings. The van der Waals surface area contributed by atoms with Crippen LogP contribution in [0.2, 0.25) is 0 Å². The Bertz CT molecular complexity index is 297. The fraction of sp³-hybridized carbons (Fsp3) is 0.400. The molecule has 4 heteroatoms. The van der Waals surface area contributed by atoms with E-state index < -0.39 is 0 Å². The van der Waals surface area contributed by atoms with E-state index in [1.165, 1.54) is 6.07 Å². The summed E-state index contributed by atoms with van der Waals surface area (Å²) in [5, 5.41) is 1.84. The molecule has 0 nitrogen and oxygen atoms in total. The zero-order chi connectivity index (χ0) is 10.6. The van der Waals surface area contributed by atoms with Gasteiger partial charge in [0.1, 0.15) is 5.82 Å². The molecule has 0 amide bonds. The van der Waals surface area contributed by atoms with Gasteiger partial charge in [-0.15, -0.1) is 0 Å². The molecular formula is C10H10Br3F. The molecule has 0 aromatic heterocycles. The lowest BCUT2D eigenvalue weighted by molar-refractivity contribution is 0.610. The van der Waals surface area contributed by atoms with Gasteiger partial charge in [0.05, 0.1) is 4.47 Å². The van der Waals surface area contributed by atoms with Gasteiger partial charge in [0.25, 0.3) is 0 Å². The SMILES string of the molecule is Fc1cccc(CC(CBr)CBr)c1Br. The average molecular weight is 389 g/mol. The maximum atomic E-state index is 13.2. The summed E-state index contributed by atoms with van der Waals surface area (Å²) in [6, 6.07) is 5.16. The molecule has 0 spiro atoms. The first-order valence-electron chi connectivity index (χ1n) is 4.23. The van der Waals surface area contributed by atoms with Crippen LogP contribution in [0.15, 0.2) is 22.7 Å². The Kier molecular flexibility index (Phi) is 5.64. The maximum absolute atomic E-state index is 13.2. The number of hydrogen-bond acceptors (Lipinski definition) is 0. The summed E-state index contributed by atoms with van der Waals surface area (Å²) in [7, 11) is 0. The molecule has 0 unspecified atom stereocenters. The summed E-state index contributed by atoms with van der Waals surface area (Å²) >= 11 is 10.1. The van der Waals surface area contributed by atoms with Crippen LogP contribution >= 0.6 is 47.8 Å². The van der Waals surface area contributed by atoms with Crippen LogP contribution in [0.1, 0.15) is 5.56 Å². The Hall–Kier alpha value is 0.590. The Labute approximate surface area is 109 Å². The molecule has 0 atom stereocenters. The third-order valence-corrected chi connectivity index (χ3v) is 4.70. The van der Waals surface area contributed by atoms with Crippen LogP contribution in [0.25, 0.3) is 0 Å². The molecule has 0 heterocycles. The molecule has 0 saturated heterocycles. The van der Waals surface area contributed by atoms with Crippen molar-refractivity contribution in [2.45, 2.75) is 6.42 Å². The molecule has 1 rings (SSSR count).